The van der Waals surface area contributed by atoms with Gasteiger partial charge in [0.05, 0.1) is 24.5 Å². The maximum atomic E-state index is 12.4. The van der Waals surface area contributed by atoms with Gasteiger partial charge in [-0.25, -0.2) is 0 Å². The first-order valence-corrected chi connectivity index (χ1v) is 8.69. The van der Waals surface area contributed by atoms with E-state index in [9.17, 15) is 18.0 Å². The molecule has 134 valence electrons. The Morgan fingerprint density at radius 2 is 1.92 bits per heavy atom. The van der Waals surface area contributed by atoms with Crippen LogP contribution in [0.25, 0.3) is 0 Å². The van der Waals surface area contributed by atoms with Gasteiger partial charge in [-0.1, -0.05) is 12.1 Å². The molecule has 1 amide bonds. The van der Waals surface area contributed by atoms with Gasteiger partial charge in [0.2, 0.25) is 5.91 Å². The number of morpholine rings is 1. The molecule has 4 nitrogen and oxygen atoms in total. The van der Waals surface area contributed by atoms with Crippen LogP contribution in [0.2, 0.25) is 0 Å². The van der Waals surface area contributed by atoms with Gasteiger partial charge in [-0.15, -0.1) is 11.8 Å². The summed E-state index contributed by atoms with van der Waals surface area (Å²) in [6.45, 7) is 4.91. The summed E-state index contributed by atoms with van der Waals surface area (Å²) in [4.78, 5) is 14.5. The molecule has 1 heterocycles. The van der Waals surface area contributed by atoms with Crippen molar-refractivity contribution in [3.63, 3.8) is 0 Å². The van der Waals surface area contributed by atoms with Crippen molar-refractivity contribution in [3.8, 4) is 0 Å². The number of anilines is 1. The lowest BCUT2D eigenvalue weighted by Gasteiger charge is -2.35. The normalized spacial score (nSPS) is 21.6. The molecule has 1 fully saturated rings. The lowest BCUT2D eigenvalue weighted by atomic mass is 10.2. The second-order valence-electron chi connectivity index (χ2n) is 5.81. The van der Waals surface area contributed by atoms with Crippen molar-refractivity contribution in [2.45, 2.75) is 37.1 Å². The van der Waals surface area contributed by atoms with Crippen LogP contribution in [0.3, 0.4) is 0 Å². The van der Waals surface area contributed by atoms with Gasteiger partial charge in [-0.3, -0.25) is 4.79 Å². The van der Waals surface area contributed by atoms with Crippen molar-refractivity contribution in [3.05, 3.63) is 24.3 Å². The van der Waals surface area contributed by atoms with Crippen LogP contribution < -0.4 is 5.32 Å². The fourth-order valence-corrected chi connectivity index (χ4v) is 3.35. The Balaban J connectivity index is 1.93. The predicted octanol–water partition coefficient (Wildman–Crippen LogP) is 3.39. The molecule has 0 spiro atoms. The number of ether oxygens (including phenoxy) is 1. The number of alkyl halides is 3. The van der Waals surface area contributed by atoms with E-state index >= 15 is 0 Å². The Hall–Kier alpha value is -1.41. The van der Waals surface area contributed by atoms with Crippen LogP contribution in [0, 0.1) is 0 Å². The van der Waals surface area contributed by atoms with E-state index in [1.165, 1.54) is 0 Å². The highest BCUT2D eigenvalue weighted by molar-refractivity contribution is 7.99. The molecule has 8 heteroatoms. The van der Waals surface area contributed by atoms with E-state index in [0.717, 1.165) is 0 Å². The molecule has 1 aliphatic heterocycles. The Morgan fingerprint density at radius 3 is 2.54 bits per heavy atom. The number of amides is 1. The molecule has 24 heavy (non-hydrogen) atoms. The Morgan fingerprint density at radius 1 is 1.29 bits per heavy atom. The van der Waals surface area contributed by atoms with Crippen LogP contribution in [0.1, 0.15) is 13.8 Å². The lowest BCUT2D eigenvalue weighted by molar-refractivity contribution is -0.141. The van der Waals surface area contributed by atoms with Crippen molar-refractivity contribution in [2.75, 3.05) is 30.7 Å². The highest BCUT2D eigenvalue weighted by Crippen LogP contribution is 2.32. The summed E-state index contributed by atoms with van der Waals surface area (Å²) >= 11 is 0.710. The van der Waals surface area contributed by atoms with Crippen molar-refractivity contribution in [2.24, 2.45) is 0 Å². The average Bonchev–Trinajstić information content (AvgIpc) is 2.49. The Kier molecular flexibility index (Phi) is 6.40. The van der Waals surface area contributed by atoms with E-state index in [0.29, 0.717) is 35.4 Å². The number of hydrogen-bond donors (Lipinski definition) is 1. The molecule has 2 rings (SSSR count). The van der Waals surface area contributed by atoms with Crippen molar-refractivity contribution in [1.29, 1.82) is 0 Å². The third kappa shape index (κ3) is 5.90. The zero-order valence-corrected chi connectivity index (χ0v) is 14.4. The van der Waals surface area contributed by atoms with Gasteiger partial charge in [-0.2, -0.15) is 13.2 Å². The van der Waals surface area contributed by atoms with Gasteiger partial charge >= 0.3 is 6.18 Å². The zero-order valence-electron chi connectivity index (χ0n) is 13.6. The Labute approximate surface area is 143 Å². The van der Waals surface area contributed by atoms with Gasteiger partial charge in [0.15, 0.2) is 0 Å². The molecule has 0 aromatic heterocycles. The van der Waals surface area contributed by atoms with Crippen LogP contribution >= 0.6 is 11.8 Å². The third-order valence-corrected chi connectivity index (χ3v) is 4.62. The SMILES string of the molecule is CC1CN(C(=O)CNc2ccccc2SCC(F)(F)F)CC(C)O1. The number of benzene rings is 1. The summed E-state index contributed by atoms with van der Waals surface area (Å²) in [5, 5.41) is 2.96. The van der Waals surface area contributed by atoms with E-state index in [2.05, 4.69) is 5.32 Å². The summed E-state index contributed by atoms with van der Waals surface area (Å²) in [5.74, 6) is -1.05. The minimum absolute atomic E-state index is 0.0210. The lowest BCUT2D eigenvalue weighted by Crippen LogP contribution is -2.49. The van der Waals surface area contributed by atoms with Crippen LogP contribution in [0.15, 0.2) is 29.2 Å². The number of hydrogen-bond acceptors (Lipinski definition) is 4. The molecule has 1 aromatic rings. The minimum atomic E-state index is -4.23. The molecule has 1 aromatic carbocycles. The average molecular weight is 362 g/mol. The van der Waals surface area contributed by atoms with Gasteiger partial charge in [0.25, 0.3) is 0 Å². The number of thioether (sulfide) groups is 1. The topological polar surface area (TPSA) is 41.6 Å². The maximum Gasteiger partial charge on any atom is 0.398 e. The molecular weight excluding hydrogens is 341 g/mol. The quantitative estimate of drug-likeness (QED) is 0.816. The third-order valence-electron chi connectivity index (χ3n) is 3.48. The van der Waals surface area contributed by atoms with Gasteiger partial charge in [0.1, 0.15) is 0 Å². The molecule has 2 atom stereocenters. The van der Waals surface area contributed by atoms with Crippen LogP contribution in [0.4, 0.5) is 18.9 Å². The minimum Gasteiger partial charge on any atom is -0.375 e. The van der Waals surface area contributed by atoms with Gasteiger partial charge < -0.3 is 15.0 Å². The number of rotatable bonds is 5. The fourth-order valence-electron chi connectivity index (χ4n) is 2.56. The van der Waals surface area contributed by atoms with Gasteiger partial charge in [0, 0.05) is 23.7 Å². The van der Waals surface area contributed by atoms with E-state index in [1.54, 1.807) is 29.2 Å². The van der Waals surface area contributed by atoms with Crippen molar-refractivity contribution < 1.29 is 22.7 Å². The van der Waals surface area contributed by atoms with Crippen LogP contribution in [-0.4, -0.2) is 54.6 Å². The number of carbonyl (C=O) groups excluding carboxylic acids is 1. The molecular formula is C16H21F3N2O2S. The van der Waals surface area contributed by atoms with E-state index in [1.807, 2.05) is 13.8 Å². The van der Waals surface area contributed by atoms with Crippen LogP contribution in [0.5, 0.6) is 0 Å². The zero-order chi connectivity index (χ0) is 17.7. The van der Waals surface area contributed by atoms with Gasteiger partial charge in [-0.05, 0) is 26.0 Å². The predicted molar refractivity (Wildman–Crippen MR) is 88.3 cm³/mol. The first-order valence-electron chi connectivity index (χ1n) is 7.70. The first kappa shape index (κ1) is 18.9. The number of para-hydroxylation sites is 1. The molecule has 0 aliphatic carbocycles. The van der Waals surface area contributed by atoms with E-state index in [-0.39, 0.29) is 24.7 Å². The largest absolute Gasteiger partial charge is 0.398 e. The van der Waals surface area contributed by atoms with Crippen molar-refractivity contribution in [1.82, 2.24) is 4.90 Å². The second kappa shape index (κ2) is 8.11. The molecule has 0 bridgehead atoms. The summed E-state index contributed by atoms with van der Waals surface area (Å²) in [7, 11) is 0. The maximum absolute atomic E-state index is 12.4. The summed E-state index contributed by atoms with van der Waals surface area (Å²) in [5.41, 5.74) is 0.537. The molecule has 1 saturated heterocycles. The number of carbonyl (C=O) groups is 1. The van der Waals surface area contributed by atoms with E-state index in [4.69, 9.17) is 4.74 Å². The molecule has 2 unspecified atom stereocenters. The summed E-state index contributed by atoms with van der Waals surface area (Å²) in [6.07, 6.45) is -4.27. The molecule has 1 N–H and O–H groups in total. The summed E-state index contributed by atoms with van der Waals surface area (Å²) < 4.78 is 42.8. The fraction of sp³-hybridized carbons (Fsp3) is 0.562. The molecule has 1 aliphatic rings. The van der Waals surface area contributed by atoms with E-state index < -0.39 is 11.9 Å². The molecule has 0 saturated carbocycles. The highest BCUT2D eigenvalue weighted by atomic mass is 32.2. The summed E-state index contributed by atoms with van der Waals surface area (Å²) in [6, 6.07) is 6.69. The number of nitrogens with zero attached hydrogens (tertiary/aromatic N) is 1. The van der Waals surface area contributed by atoms with Crippen molar-refractivity contribution >= 4 is 23.4 Å². The van der Waals surface area contributed by atoms with Crippen LogP contribution in [-0.2, 0) is 9.53 Å². The first-order chi connectivity index (χ1) is 11.2. The number of nitrogens with one attached hydrogen (secondary N) is 1. The monoisotopic (exact) mass is 362 g/mol. The molecule has 0 radical (unpaired) electrons. The Bertz CT molecular complexity index is 558. The number of halogens is 3. The second-order valence-corrected chi connectivity index (χ2v) is 6.83. The standard InChI is InChI=1S/C16H21F3N2O2S/c1-11-8-21(9-12(2)23-11)15(22)7-20-13-5-3-4-6-14(13)24-10-16(17,18)19/h3-6,11-12,20H,7-10H2,1-2H3. The smallest absolute Gasteiger partial charge is 0.375 e. The highest BCUT2D eigenvalue weighted by Gasteiger charge is 2.28.